The molecule has 0 aliphatic heterocycles. The molecule has 4 rings (SSSR count). The highest BCUT2D eigenvalue weighted by molar-refractivity contribution is 6.31. The van der Waals surface area contributed by atoms with Crippen LogP contribution < -0.4 is 0 Å². The second-order valence-electron chi connectivity index (χ2n) is 7.04. The SMILES string of the molecule is Cc1nn(Cc2ccccc2)c(Cl)c1/C=C/C(=O)OCc1nc2ccccc2n1C(F)F. The highest BCUT2D eigenvalue weighted by Crippen LogP contribution is 2.24. The van der Waals surface area contributed by atoms with Gasteiger partial charge in [-0.05, 0) is 30.7 Å². The molecule has 0 N–H and O–H groups in total. The van der Waals surface area contributed by atoms with E-state index in [-0.39, 0.29) is 17.9 Å². The number of ether oxygens (including phenoxy) is 1. The van der Waals surface area contributed by atoms with Crippen molar-refractivity contribution in [1.29, 1.82) is 0 Å². The lowest BCUT2D eigenvalue weighted by atomic mass is 10.2. The average Bonchev–Trinajstić information content (AvgIpc) is 3.28. The van der Waals surface area contributed by atoms with E-state index in [9.17, 15) is 13.6 Å². The van der Waals surface area contributed by atoms with Crippen molar-refractivity contribution in [2.45, 2.75) is 26.6 Å². The summed E-state index contributed by atoms with van der Waals surface area (Å²) < 4.78 is 34.5. The van der Waals surface area contributed by atoms with Gasteiger partial charge >= 0.3 is 12.5 Å². The van der Waals surface area contributed by atoms with Crippen LogP contribution in [0.5, 0.6) is 0 Å². The predicted octanol–water partition coefficient (Wildman–Crippen LogP) is 5.39. The van der Waals surface area contributed by atoms with Gasteiger partial charge in [-0.1, -0.05) is 54.1 Å². The molecule has 0 unspecified atom stereocenters. The number of hydrogen-bond acceptors (Lipinski definition) is 4. The van der Waals surface area contributed by atoms with Crippen molar-refractivity contribution in [3.63, 3.8) is 0 Å². The maximum atomic E-state index is 13.5. The molecule has 0 atom stereocenters. The predicted molar refractivity (Wildman–Crippen MR) is 117 cm³/mol. The van der Waals surface area contributed by atoms with Crippen LogP contribution in [-0.2, 0) is 22.7 Å². The topological polar surface area (TPSA) is 61.9 Å². The zero-order chi connectivity index (χ0) is 22.7. The Morgan fingerprint density at radius 1 is 1.16 bits per heavy atom. The number of halogens is 3. The number of alkyl halides is 2. The van der Waals surface area contributed by atoms with E-state index in [1.165, 1.54) is 18.2 Å². The highest BCUT2D eigenvalue weighted by Gasteiger charge is 2.18. The number of hydrogen-bond donors (Lipinski definition) is 0. The molecule has 0 aliphatic rings. The van der Waals surface area contributed by atoms with Gasteiger partial charge < -0.3 is 4.74 Å². The molecule has 4 aromatic rings. The summed E-state index contributed by atoms with van der Waals surface area (Å²) in [4.78, 5) is 16.3. The summed E-state index contributed by atoms with van der Waals surface area (Å²) in [6.45, 7) is -0.919. The third-order valence-electron chi connectivity index (χ3n) is 4.88. The molecule has 9 heteroatoms. The molecule has 2 heterocycles. The summed E-state index contributed by atoms with van der Waals surface area (Å²) in [5.41, 5.74) is 2.95. The first-order valence-electron chi connectivity index (χ1n) is 9.79. The minimum absolute atomic E-state index is 0.0344. The van der Waals surface area contributed by atoms with E-state index in [0.29, 0.717) is 28.5 Å². The highest BCUT2D eigenvalue weighted by atomic mass is 35.5. The van der Waals surface area contributed by atoms with Crippen molar-refractivity contribution in [2.75, 3.05) is 0 Å². The minimum atomic E-state index is -2.80. The molecule has 0 bridgehead atoms. The Morgan fingerprint density at radius 2 is 1.88 bits per heavy atom. The summed E-state index contributed by atoms with van der Waals surface area (Å²) in [7, 11) is 0. The number of carbonyl (C=O) groups excluding carboxylic acids is 1. The van der Waals surface area contributed by atoms with Crippen LogP contribution in [0.3, 0.4) is 0 Å². The second-order valence-corrected chi connectivity index (χ2v) is 7.40. The van der Waals surface area contributed by atoms with E-state index < -0.39 is 12.5 Å². The van der Waals surface area contributed by atoms with E-state index in [4.69, 9.17) is 16.3 Å². The number of aryl methyl sites for hydroxylation is 1. The fourth-order valence-electron chi connectivity index (χ4n) is 3.37. The van der Waals surface area contributed by atoms with E-state index in [0.717, 1.165) is 10.1 Å². The Morgan fingerprint density at radius 3 is 2.62 bits per heavy atom. The first-order chi connectivity index (χ1) is 15.4. The van der Waals surface area contributed by atoms with Crippen molar-refractivity contribution in [2.24, 2.45) is 0 Å². The maximum absolute atomic E-state index is 13.5. The van der Waals surface area contributed by atoms with Crippen molar-refractivity contribution < 1.29 is 18.3 Å². The van der Waals surface area contributed by atoms with Gasteiger partial charge in [0.1, 0.15) is 11.8 Å². The van der Waals surface area contributed by atoms with E-state index in [1.807, 2.05) is 30.3 Å². The van der Waals surface area contributed by atoms with E-state index in [1.54, 1.807) is 29.8 Å². The van der Waals surface area contributed by atoms with Crippen molar-refractivity contribution in [1.82, 2.24) is 19.3 Å². The Hall–Kier alpha value is -3.52. The number of nitrogens with zero attached hydrogens (tertiary/aromatic N) is 4. The molecule has 0 saturated heterocycles. The zero-order valence-corrected chi connectivity index (χ0v) is 17.8. The zero-order valence-electron chi connectivity index (χ0n) is 17.1. The summed E-state index contributed by atoms with van der Waals surface area (Å²) >= 11 is 6.44. The van der Waals surface area contributed by atoms with Crippen LogP contribution >= 0.6 is 11.6 Å². The molecule has 0 fully saturated rings. The maximum Gasteiger partial charge on any atom is 0.331 e. The smallest absolute Gasteiger partial charge is 0.331 e. The largest absolute Gasteiger partial charge is 0.454 e. The first-order valence-corrected chi connectivity index (χ1v) is 10.2. The van der Waals surface area contributed by atoms with Gasteiger partial charge in [0.2, 0.25) is 0 Å². The van der Waals surface area contributed by atoms with Crippen LogP contribution in [-0.4, -0.2) is 25.3 Å². The third-order valence-corrected chi connectivity index (χ3v) is 5.28. The Kier molecular flexibility index (Phi) is 6.32. The number of aromatic nitrogens is 4. The Balaban J connectivity index is 1.46. The summed E-state index contributed by atoms with van der Waals surface area (Å²) in [5.74, 6) is -0.739. The Bertz CT molecular complexity index is 1280. The summed E-state index contributed by atoms with van der Waals surface area (Å²) in [6, 6.07) is 16.2. The van der Waals surface area contributed by atoms with Gasteiger partial charge in [-0.2, -0.15) is 13.9 Å². The number of fused-ring (bicyclic) bond motifs is 1. The van der Waals surface area contributed by atoms with Crippen LogP contribution in [0, 0.1) is 6.92 Å². The molecule has 0 aliphatic carbocycles. The molecule has 0 amide bonds. The monoisotopic (exact) mass is 456 g/mol. The van der Waals surface area contributed by atoms with Crippen molar-refractivity contribution >= 4 is 34.7 Å². The van der Waals surface area contributed by atoms with Gasteiger partial charge in [0, 0.05) is 11.6 Å². The lowest BCUT2D eigenvalue weighted by Crippen LogP contribution is -2.09. The van der Waals surface area contributed by atoms with Crippen LogP contribution in [0.4, 0.5) is 8.78 Å². The van der Waals surface area contributed by atoms with Gasteiger partial charge in [-0.25, -0.2) is 14.5 Å². The van der Waals surface area contributed by atoms with Crippen molar-refractivity contribution in [3.05, 3.63) is 88.5 Å². The number of carbonyl (C=O) groups is 1. The average molecular weight is 457 g/mol. The molecule has 0 radical (unpaired) electrons. The lowest BCUT2D eigenvalue weighted by molar-refractivity contribution is -0.139. The molecule has 6 nitrogen and oxygen atoms in total. The fourth-order valence-corrected chi connectivity index (χ4v) is 3.66. The van der Waals surface area contributed by atoms with E-state index in [2.05, 4.69) is 10.1 Å². The van der Waals surface area contributed by atoms with Gasteiger partial charge in [0.05, 0.1) is 23.3 Å². The van der Waals surface area contributed by atoms with Crippen LogP contribution in [0.15, 0.2) is 60.7 Å². The number of para-hydroxylation sites is 2. The Labute approximate surface area is 187 Å². The van der Waals surface area contributed by atoms with Gasteiger partial charge in [-0.15, -0.1) is 0 Å². The number of rotatable bonds is 7. The van der Waals surface area contributed by atoms with Crippen LogP contribution in [0.2, 0.25) is 5.15 Å². The molecule has 2 aromatic carbocycles. The quantitative estimate of drug-likeness (QED) is 0.276. The normalized spacial score (nSPS) is 11.7. The third kappa shape index (κ3) is 4.55. The molecule has 164 valence electrons. The lowest BCUT2D eigenvalue weighted by Gasteiger charge is -2.07. The van der Waals surface area contributed by atoms with Crippen molar-refractivity contribution in [3.8, 4) is 0 Å². The molecule has 0 saturated carbocycles. The van der Waals surface area contributed by atoms with Crippen LogP contribution in [0.25, 0.3) is 17.1 Å². The van der Waals surface area contributed by atoms with Gasteiger partial charge in [-0.3, -0.25) is 4.57 Å². The fraction of sp³-hybridized carbons (Fsp3) is 0.174. The number of imidazole rings is 1. The van der Waals surface area contributed by atoms with Gasteiger partial charge in [0.25, 0.3) is 0 Å². The number of benzene rings is 2. The van der Waals surface area contributed by atoms with Gasteiger partial charge in [0.15, 0.2) is 5.82 Å². The van der Waals surface area contributed by atoms with E-state index >= 15 is 0 Å². The molecular weight excluding hydrogens is 438 g/mol. The second kappa shape index (κ2) is 9.32. The summed E-state index contributed by atoms with van der Waals surface area (Å²) in [5, 5.41) is 4.80. The minimum Gasteiger partial charge on any atom is -0.454 e. The molecule has 0 spiro atoms. The van der Waals surface area contributed by atoms with Crippen LogP contribution in [0.1, 0.15) is 29.2 Å². The standard InChI is InChI=1S/C23H19ClF2N4O2/c1-15-17(22(24)29(28-15)13-16-7-3-2-4-8-16)11-12-21(31)32-14-20-27-18-9-5-6-10-19(18)30(20)23(25)26/h2-12,23H,13-14H2,1H3/b12-11+. The summed E-state index contributed by atoms with van der Waals surface area (Å²) in [6.07, 6.45) is 2.70. The number of esters is 1. The first kappa shape index (κ1) is 21.7. The molecule has 2 aromatic heterocycles. The molecule has 32 heavy (non-hydrogen) atoms. The molecular formula is C23H19ClF2N4O2.